The Hall–Kier alpha value is -1.74. The van der Waals surface area contributed by atoms with Crippen molar-refractivity contribution in [3.05, 3.63) is 47.7 Å². The van der Waals surface area contributed by atoms with E-state index in [0.717, 1.165) is 5.52 Å². The summed E-state index contributed by atoms with van der Waals surface area (Å²) in [5.74, 6) is 0. The molecule has 78 valence electrons. The molecule has 0 aliphatic carbocycles. The predicted octanol–water partition coefficient (Wildman–Crippen LogP) is 3.67. The van der Waals surface area contributed by atoms with Gasteiger partial charge < -0.3 is 0 Å². The molecule has 3 heteroatoms. The molecule has 0 fully saturated rings. The number of fused-ring (bicyclic) bond motifs is 1. The van der Waals surface area contributed by atoms with Gasteiger partial charge in [0.2, 0.25) is 0 Å². The lowest BCUT2D eigenvalue weighted by Crippen LogP contribution is -1.85. The number of nitrogens with zero attached hydrogens (tertiary/aromatic N) is 2. The summed E-state index contributed by atoms with van der Waals surface area (Å²) < 4.78 is 1.23. The maximum atomic E-state index is 4.35. The first-order valence-electron chi connectivity index (χ1n) is 5.09. The highest BCUT2D eigenvalue weighted by Gasteiger charge is 2.07. The molecule has 0 aliphatic heterocycles. The topological polar surface area (TPSA) is 25.8 Å². The highest BCUT2D eigenvalue weighted by molar-refractivity contribution is 7.17. The standard InChI is InChI=1S/C13H10N2S/c1-9-2-5-14-8-11(9)10-3-6-15-12-4-7-16-13(10)12/h2-8H,1H3. The molecule has 3 rings (SSSR count). The average Bonchev–Trinajstić information content (AvgIpc) is 2.77. The van der Waals surface area contributed by atoms with E-state index in [9.17, 15) is 0 Å². The lowest BCUT2D eigenvalue weighted by Gasteiger charge is -2.05. The van der Waals surface area contributed by atoms with E-state index < -0.39 is 0 Å². The second kappa shape index (κ2) is 3.68. The Bertz CT molecular complexity index is 643. The van der Waals surface area contributed by atoms with Crippen LogP contribution >= 0.6 is 11.3 Å². The molecule has 0 spiro atoms. The first-order valence-corrected chi connectivity index (χ1v) is 5.97. The molecule has 0 unspecified atom stereocenters. The van der Waals surface area contributed by atoms with Crippen molar-refractivity contribution in [3.63, 3.8) is 0 Å². The van der Waals surface area contributed by atoms with E-state index in [-0.39, 0.29) is 0 Å². The lowest BCUT2D eigenvalue weighted by molar-refractivity contribution is 1.29. The number of thiophene rings is 1. The number of rotatable bonds is 1. The van der Waals surface area contributed by atoms with Crippen molar-refractivity contribution in [1.82, 2.24) is 9.97 Å². The molecule has 0 radical (unpaired) electrons. The normalized spacial score (nSPS) is 10.8. The van der Waals surface area contributed by atoms with Gasteiger partial charge >= 0.3 is 0 Å². The lowest BCUT2D eigenvalue weighted by atomic mass is 10.0. The fraction of sp³-hybridized carbons (Fsp3) is 0.0769. The highest BCUT2D eigenvalue weighted by atomic mass is 32.1. The maximum Gasteiger partial charge on any atom is 0.0815 e. The van der Waals surface area contributed by atoms with Gasteiger partial charge in [-0.25, -0.2) is 0 Å². The molecule has 0 aliphatic rings. The van der Waals surface area contributed by atoms with E-state index in [1.807, 2.05) is 24.7 Å². The molecular formula is C13H10N2S. The molecule has 0 N–H and O–H groups in total. The molecule has 2 nitrogen and oxygen atoms in total. The van der Waals surface area contributed by atoms with Crippen LogP contribution in [0.15, 0.2) is 42.2 Å². The van der Waals surface area contributed by atoms with Gasteiger partial charge in [-0.1, -0.05) is 0 Å². The minimum absolute atomic E-state index is 1.06. The van der Waals surface area contributed by atoms with Crippen LogP contribution < -0.4 is 0 Å². The summed E-state index contributed by atoms with van der Waals surface area (Å²) >= 11 is 1.73. The summed E-state index contributed by atoms with van der Waals surface area (Å²) in [4.78, 5) is 8.54. The quantitative estimate of drug-likeness (QED) is 0.632. The Balaban J connectivity index is 2.34. The summed E-state index contributed by atoms with van der Waals surface area (Å²) in [6.07, 6.45) is 5.60. The molecule has 0 saturated carbocycles. The van der Waals surface area contributed by atoms with Gasteiger partial charge in [0.05, 0.1) is 10.2 Å². The van der Waals surface area contributed by atoms with Gasteiger partial charge in [-0.05, 0) is 36.1 Å². The molecule has 0 amide bonds. The van der Waals surface area contributed by atoms with Crippen LogP contribution in [0.4, 0.5) is 0 Å². The van der Waals surface area contributed by atoms with Gasteiger partial charge in [-0.15, -0.1) is 11.3 Å². The number of aryl methyl sites for hydroxylation is 1. The molecule has 0 aromatic carbocycles. The molecule has 16 heavy (non-hydrogen) atoms. The fourth-order valence-electron chi connectivity index (χ4n) is 1.83. The molecule has 3 heterocycles. The molecule has 0 bridgehead atoms. The van der Waals surface area contributed by atoms with E-state index in [4.69, 9.17) is 0 Å². The Labute approximate surface area is 97.6 Å². The Morgan fingerprint density at radius 2 is 2.00 bits per heavy atom. The van der Waals surface area contributed by atoms with Crippen LogP contribution in [0.5, 0.6) is 0 Å². The SMILES string of the molecule is Cc1ccncc1-c1ccnc2ccsc12. The third kappa shape index (κ3) is 1.41. The summed E-state index contributed by atoms with van der Waals surface area (Å²) in [5.41, 5.74) is 4.73. The molecule has 0 saturated heterocycles. The van der Waals surface area contributed by atoms with Gasteiger partial charge in [0.1, 0.15) is 0 Å². The molecule has 3 aromatic rings. The van der Waals surface area contributed by atoms with E-state index in [0.29, 0.717) is 0 Å². The first-order chi connectivity index (χ1) is 7.86. The Kier molecular flexibility index (Phi) is 2.18. The van der Waals surface area contributed by atoms with Crippen molar-refractivity contribution in [2.75, 3.05) is 0 Å². The van der Waals surface area contributed by atoms with Crippen LogP contribution in [0.2, 0.25) is 0 Å². The van der Waals surface area contributed by atoms with E-state index in [1.165, 1.54) is 21.4 Å². The van der Waals surface area contributed by atoms with Crippen molar-refractivity contribution in [2.24, 2.45) is 0 Å². The summed E-state index contributed by atoms with van der Waals surface area (Å²) in [7, 11) is 0. The second-order valence-corrected chi connectivity index (χ2v) is 4.60. The van der Waals surface area contributed by atoms with Crippen molar-refractivity contribution >= 4 is 21.6 Å². The second-order valence-electron chi connectivity index (χ2n) is 3.68. The Morgan fingerprint density at radius 1 is 1.06 bits per heavy atom. The summed E-state index contributed by atoms with van der Waals surface area (Å²) in [6, 6.07) is 6.15. The van der Waals surface area contributed by atoms with Gasteiger partial charge in [-0.2, -0.15) is 0 Å². The van der Waals surface area contributed by atoms with Crippen LogP contribution in [0.25, 0.3) is 21.3 Å². The van der Waals surface area contributed by atoms with Crippen molar-refractivity contribution in [1.29, 1.82) is 0 Å². The van der Waals surface area contributed by atoms with Gasteiger partial charge in [-0.3, -0.25) is 9.97 Å². The van der Waals surface area contributed by atoms with Crippen LogP contribution in [0, 0.1) is 6.92 Å². The smallest absolute Gasteiger partial charge is 0.0815 e. The predicted molar refractivity (Wildman–Crippen MR) is 67.6 cm³/mol. The molecule has 3 aromatic heterocycles. The van der Waals surface area contributed by atoms with Crippen LogP contribution in [-0.4, -0.2) is 9.97 Å². The minimum Gasteiger partial charge on any atom is -0.264 e. The third-order valence-corrected chi connectivity index (χ3v) is 3.61. The summed E-state index contributed by atoms with van der Waals surface area (Å²) in [6.45, 7) is 2.11. The van der Waals surface area contributed by atoms with Crippen molar-refractivity contribution < 1.29 is 0 Å². The number of hydrogen-bond donors (Lipinski definition) is 0. The zero-order chi connectivity index (χ0) is 11.0. The summed E-state index contributed by atoms with van der Waals surface area (Å²) in [5, 5.41) is 2.08. The first kappa shape index (κ1) is 9.48. The van der Waals surface area contributed by atoms with Crippen LogP contribution in [-0.2, 0) is 0 Å². The van der Waals surface area contributed by atoms with Crippen molar-refractivity contribution in [3.8, 4) is 11.1 Å². The largest absolute Gasteiger partial charge is 0.264 e. The van der Waals surface area contributed by atoms with Gasteiger partial charge in [0.25, 0.3) is 0 Å². The van der Waals surface area contributed by atoms with Crippen LogP contribution in [0.3, 0.4) is 0 Å². The number of hydrogen-bond acceptors (Lipinski definition) is 3. The average molecular weight is 226 g/mol. The van der Waals surface area contributed by atoms with Gasteiger partial charge in [0.15, 0.2) is 0 Å². The van der Waals surface area contributed by atoms with E-state index in [2.05, 4.69) is 34.4 Å². The minimum atomic E-state index is 1.06. The zero-order valence-electron chi connectivity index (χ0n) is 8.84. The van der Waals surface area contributed by atoms with Crippen molar-refractivity contribution in [2.45, 2.75) is 6.92 Å². The molecule has 0 atom stereocenters. The number of pyridine rings is 2. The Morgan fingerprint density at radius 3 is 2.88 bits per heavy atom. The third-order valence-electron chi connectivity index (χ3n) is 2.67. The monoisotopic (exact) mass is 226 g/mol. The van der Waals surface area contributed by atoms with Gasteiger partial charge in [0, 0.05) is 29.7 Å². The van der Waals surface area contributed by atoms with Crippen LogP contribution in [0.1, 0.15) is 5.56 Å². The molecular weight excluding hydrogens is 216 g/mol. The fourth-order valence-corrected chi connectivity index (χ4v) is 2.71. The number of aromatic nitrogens is 2. The maximum absolute atomic E-state index is 4.35. The zero-order valence-corrected chi connectivity index (χ0v) is 9.66. The van der Waals surface area contributed by atoms with E-state index in [1.54, 1.807) is 11.3 Å². The van der Waals surface area contributed by atoms with E-state index >= 15 is 0 Å². The highest BCUT2D eigenvalue weighted by Crippen LogP contribution is 2.32.